The normalized spacial score (nSPS) is 9.71. The molecule has 14 heavy (non-hydrogen) atoms. The van der Waals surface area contributed by atoms with Crippen LogP contribution in [0.5, 0.6) is 0 Å². The average molecular weight is 211 g/mol. The van der Waals surface area contributed by atoms with Crippen LogP contribution in [0.3, 0.4) is 0 Å². The lowest BCUT2D eigenvalue weighted by molar-refractivity contribution is 0.557. The van der Waals surface area contributed by atoms with Crippen molar-refractivity contribution in [3.8, 4) is 0 Å². The molecule has 1 aromatic carbocycles. The zero-order chi connectivity index (χ0) is 10.6. The van der Waals surface area contributed by atoms with E-state index in [1.807, 2.05) is 38.1 Å². The van der Waals surface area contributed by atoms with Gasteiger partial charge in [-0.2, -0.15) is 0 Å². The number of hydrogen-bond acceptors (Lipinski definition) is 1. The predicted octanol–water partition coefficient (Wildman–Crippen LogP) is 4.67. The molecular formula is C12H15ClO. The zero-order valence-corrected chi connectivity index (χ0v) is 9.56. The topological polar surface area (TPSA) is 13.1 Å². The summed E-state index contributed by atoms with van der Waals surface area (Å²) in [6.45, 7) is 6.07. The van der Waals surface area contributed by atoms with E-state index in [1.165, 1.54) is 0 Å². The van der Waals surface area contributed by atoms with Crippen LogP contribution in [-0.2, 0) is 6.42 Å². The Morgan fingerprint density at radius 1 is 1.21 bits per heavy atom. The third kappa shape index (κ3) is 2.30. The summed E-state index contributed by atoms with van der Waals surface area (Å²) in [4.78, 5) is 0. The number of furan rings is 1. The van der Waals surface area contributed by atoms with Crippen LogP contribution in [0.2, 0.25) is 5.02 Å². The molecule has 0 aliphatic heterocycles. The van der Waals surface area contributed by atoms with Crippen molar-refractivity contribution in [1.82, 2.24) is 0 Å². The maximum atomic E-state index is 5.81. The summed E-state index contributed by atoms with van der Waals surface area (Å²) in [6, 6.07) is 7.74. The molecule has 0 saturated heterocycles. The number of rotatable bonds is 1. The predicted molar refractivity (Wildman–Crippen MR) is 62.0 cm³/mol. The van der Waals surface area contributed by atoms with Gasteiger partial charge in [-0.1, -0.05) is 32.4 Å². The van der Waals surface area contributed by atoms with Crippen molar-refractivity contribution in [2.24, 2.45) is 0 Å². The summed E-state index contributed by atoms with van der Waals surface area (Å²) in [5.41, 5.74) is 0.874. The van der Waals surface area contributed by atoms with E-state index in [9.17, 15) is 0 Å². The van der Waals surface area contributed by atoms with Crippen LogP contribution >= 0.6 is 11.6 Å². The molecule has 0 atom stereocenters. The Bertz CT molecular complexity index is 404. The monoisotopic (exact) mass is 210 g/mol. The smallest absolute Gasteiger partial charge is 0.135 e. The molecule has 0 radical (unpaired) electrons. The van der Waals surface area contributed by atoms with Crippen LogP contribution in [0.4, 0.5) is 0 Å². The van der Waals surface area contributed by atoms with Crippen LogP contribution in [-0.4, -0.2) is 0 Å². The minimum atomic E-state index is 0.722. The Labute approximate surface area is 89.7 Å². The van der Waals surface area contributed by atoms with E-state index in [0.717, 1.165) is 28.2 Å². The number of halogens is 1. The van der Waals surface area contributed by atoms with Gasteiger partial charge in [-0.05, 0) is 24.3 Å². The Morgan fingerprint density at radius 2 is 1.93 bits per heavy atom. The molecule has 0 aliphatic carbocycles. The van der Waals surface area contributed by atoms with Crippen molar-refractivity contribution in [1.29, 1.82) is 0 Å². The lowest BCUT2D eigenvalue weighted by Crippen LogP contribution is -1.67. The summed E-state index contributed by atoms with van der Waals surface area (Å²) in [5.74, 6) is 1.01. The fourth-order valence-electron chi connectivity index (χ4n) is 1.23. The Morgan fingerprint density at radius 3 is 2.57 bits per heavy atom. The van der Waals surface area contributed by atoms with Gasteiger partial charge < -0.3 is 4.42 Å². The van der Waals surface area contributed by atoms with E-state index < -0.39 is 0 Å². The van der Waals surface area contributed by atoms with E-state index >= 15 is 0 Å². The lowest BCUT2D eigenvalue weighted by Gasteiger charge is -1.87. The molecule has 1 nitrogen and oxygen atoms in total. The maximum Gasteiger partial charge on any atom is 0.135 e. The van der Waals surface area contributed by atoms with Gasteiger partial charge >= 0.3 is 0 Å². The van der Waals surface area contributed by atoms with Gasteiger partial charge in [0.15, 0.2) is 0 Å². The second-order valence-electron chi connectivity index (χ2n) is 2.75. The Hall–Kier alpha value is -0.950. The standard InChI is InChI=1S/C10H9ClO.C2H6/c1-2-9-5-7-3-4-8(11)6-10(7)12-9;1-2/h3-6H,2H2,1H3;1-2H3. The molecule has 0 unspecified atom stereocenters. The molecule has 2 aromatic rings. The maximum absolute atomic E-state index is 5.81. The summed E-state index contributed by atoms with van der Waals surface area (Å²) < 4.78 is 5.51. The molecule has 2 rings (SSSR count). The van der Waals surface area contributed by atoms with Gasteiger partial charge in [0.1, 0.15) is 11.3 Å². The van der Waals surface area contributed by atoms with Crippen LogP contribution in [0.1, 0.15) is 26.5 Å². The molecule has 1 heterocycles. The zero-order valence-electron chi connectivity index (χ0n) is 8.80. The molecule has 0 amide bonds. The molecule has 0 bridgehead atoms. The highest BCUT2D eigenvalue weighted by atomic mass is 35.5. The molecule has 0 spiro atoms. The fourth-order valence-corrected chi connectivity index (χ4v) is 1.40. The third-order valence-electron chi connectivity index (χ3n) is 1.88. The van der Waals surface area contributed by atoms with E-state index in [4.69, 9.17) is 16.0 Å². The minimum absolute atomic E-state index is 0.722. The van der Waals surface area contributed by atoms with Gasteiger partial charge in [0.05, 0.1) is 0 Å². The first-order chi connectivity index (χ1) is 6.79. The molecule has 0 N–H and O–H groups in total. The van der Waals surface area contributed by atoms with Gasteiger partial charge in [-0.15, -0.1) is 0 Å². The van der Waals surface area contributed by atoms with E-state index in [1.54, 1.807) is 0 Å². The lowest BCUT2D eigenvalue weighted by atomic mass is 10.2. The summed E-state index contributed by atoms with van der Waals surface area (Å²) >= 11 is 5.81. The fraction of sp³-hybridized carbons (Fsp3) is 0.333. The molecule has 76 valence electrons. The molecule has 2 heteroatoms. The molecule has 0 aliphatic rings. The van der Waals surface area contributed by atoms with Crippen LogP contribution in [0, 0.1) is 0 Å². The molecule has 0 fully saturated rings. The quantitative estimate of drug-likeness (QED) is 0.667. The summed E-state index contributed by atoms with van der Waals surface area (Å²) in [6.07, 6.45) is 0.923. The van der Waals surface area contributed by atoms with Crippen LogP contribution in [0.25, 0.3) is 11.0 Å². The minimum Gasteiger partial charge on any atom is -0.461 e. The second kappa shape index (κ2) is 5.06. The van der Waals surface area contributed by atoms with Crippen LogP contribution in [0.15, 0.2) is 28.7 Å². The highest BCUT2D eigenvalue weighted by Crippen LogP contribution is 2.22. The van der Waals surface area contributed by atoms with Gasteiger partial charge in [-0.3, -0.25) is 0 Å². The first-order valence-corrected chi connectivity index (χ1v) is 5.35. The van der Waals surface area contributed by atoms with Crippen molar-refractivity contribution in [2.75, 3.05) is 0 Å². The SMILES string of the molecule is CC.CCc1cc2ccc(Cl)cc2o1. The van der Waals surface area contributed by atoms with E-state index in [0.29, 0.717) is 0 Å². The number of fused-ring (bicyclic) bond motifs is 1. The Kier molecular flexibility index (Phi) is 4.02. The van der Waals surface area contributed by atoms with Gasteiger partial charge in [0.2, 0.25) is 0 Å². The van der Waals surface area contributed by atoms with E-state index in [2.05, 4.69) is 6.92 Å². The van der Waals surface area contributed by atoms with Gasteiger partial charge in [0, 0.05) is 16.8 Å². The number of aryl methyl sites for hydroxylation is 1. The van der Waals surface area contributed by atoms with Gasteiger partial charge in [0.25, 0.3) is 0 Å². The van der Waals surface area contributed by atoms with Crippen molar-refractivity contribution in [3.63, 3.8) is 0 Å². The number of hydrogen-bond donors (Lipinski definition) is 0. The first-order valence-electron chi connectivity index (χ1n) is 4.97. The third-order valence-corrected chi connectivity index (χ3v) is 2.12. The first kappa shape index (κ1) is 11.1. The highest BCUT2D eigenvalue weighted by Gasteiger charge is 2.01. The van der Waals surface area contributed by atoms with Crippen molar-refractivity contribution in [2.45, 2.75) is 27.2 Å². The molecule has 0 saturated carbocycles. The second-order valence-corrected chi connectivity index (χ2v) is 3.18. The average Bonchev–Trinajstić information content (AvgIpc) is 2.62. The highest BCUT2D eigenvalue weighted by molar-refractivity contribution is 6.31. The Balaban J connectivity index is 0.000000461. The summed E-state index contributed by atoms with van der Waals surface area (Å²) in [7, 11) is 0. The van der Waals surface area contributed by atoms with E-state index in [-0.39, 0.29) is 0 Å². The number of benzene rings is 1. The van der Waals surface area contributed by atoms with Crippen LogP contribution < -0.4 is 0 Å². The van der Waals surface area contributed by atoms with Crippen molar-refractivity contribution >= 4 is 22.6 Å². The van der Waals surface area contributed by atoms with Gasteiger partial charge in [-0.25, -0.2) is 0 Å². The largest absolute Gasteiger partial charge is 0.461 e. The van der Waals surface area contributed by atoms with Crippen molar-refractivity contribution in [3.05, 3.63) is 35.0 Å². The summed E-state index contributed by atoms with van der Waals surface area (Å²) in [5, 5.41) is 1.84. The molecular weight excluding hydrogens is 196 g/mol. The van der Waals surface area contributed by atoms with Crippen molar-refractivity contribution < 1.29 is 4.42 Å². The molecule has 1 aromatic heterocycles.